The average Bonchev–Trinajstić information content (AvgIpc) is 2.48. The van der Waals surface area contributed by atoms with Gasteiger partial charge in [-0.15, -0.1) is 0 Å². The second-order valence-corrected chi connectivity index (χ2v) is 5.49. The van der Waals surface area contributed by atoms with Crippen LogP contribution in [0.5, 0.6) is 0 Å². The van der Waals surface area contributed by atoms with Gasteiger partial charge in [0, 0.05) is 42.8 Å². The second kappa shape index (κ2) is 7.48. The Morgan fingerprint density at radius 3 is 2.81 bits per heavy atom. The van der Waals surface area contributed by atoms with Gasteiger partial charge >= 0.3 is 0 Å². The number of amides is 1. The first kappa shape index (κ1) is 15.9. The van der Waals surface area contributed by atoms with Crippen LogP contribution >= 0.6 is 15.9 Å². The van der Waals surface area contributed by atoms with Crippen molar-refractivity contribution in [1.29, 1.82) is 0 Å². The third-order valence-electron chi connectivity index (χ3n) is 3.22. The highest BCUT2D eigenvalue weighted by molar-refractivity contribution is 9.10. The number of halogens is 1. The summed E-state index contributed by atoms with van der Waals surface area (Å²) in [5.41, 5.74) is 0.169. The fourth-order valence-electron chi connectivity index (χ4n) is 2.05. The minimum atomic E-state index is -0.517. The van der Waals surface area contributed by atoms with E-state index in [-0.39, 0.29) is 17.2 Å². The lowest BCUT2D eigenvalue weighted by Gasteiger charge is -2.26. The summed E-state index contributed by atoms with van der Waals surface area (Å²) in [6.07, 6.45) is 0. The van der Waals surface area contributed by atoms with E-state index in [1.807, 2.05) is 0 Å². The van der Waals surface area contributed by atoms with Gasteiger partial charge in [-0.3, -0.25) is 19.8 Å². The van der Waals surface area contributed by atoms with Gasteiger partial charge in [0.05, 0.1) is 23.7 Å². The SMILES string of the molecule is O=C(NCCN1CCOCC1)c1cc([N+](=O)[O-])ccc1Br. The van der Waals surface area contributed by atoms with Crippen molar-refractivity contribution < 1.29 is 14.5 Å². The summed E-state index contributed by atoms with van der Waals surface area (Å²) in [6.45, 7) is 4.37. The highest BCUT2D eigenvalue weighted by Gasteiger charge is 2.16. The molecule has 0 atom stereocenters. The maximum Gasteiger partial charge on any atom is 0.270 e. The summed E-state index contributed by atoms with van der Waals surface area (Å²) in [7, 11) is 0. The van der Waals surface area contributed by atoms with Crippen molar-refractivity contribution in [1.82, 2.24) is 10.2 Å². The highest BCUT2D eigenvalue weighted by atomic mass is 79.9. The number of benzene rings is 1. The number of carbonyl (C=O) groups excluding carboxylic acids is 1. The van der Waals surface area contributed by atoms with Gasteiger partial charge in [-0.2, -0.15) is 0 Å². The summed E-state index contributed by atoms with van der Waals surface area (Å²) in [5, 5.41) is 13.5. The molecule has 1 N–H and O–H groups in total. The number of rotatable bonds is 5. The van der Waals surface area contributed by atoms with Crippen molar-refractivity contribution in [2.75, 3.05) is 39.4 Å². The molecule has 0 unspecified atom stereocenters. The van der Waals surface area contributed by atoms with Crippen molar-refractivity contribution in [3.05, 3.63) is 38.3 Å². The molecule has 1 heterocycles. The van der Waals surface area contributed by atoms with Gasteiger partial charge < -0.3 is 10.1 Å². The van der Waals surface area contributed by atoms with Crippen LogP contribution in [0.3, 0.4) is 0 Å². The summed E-state index contributed by atoms with van der Waals surface area (Å²) in [6, 6.07) is 4.14. The Morgan fingerprint density at radius 1 is 1.43 bits per heavy atom. The molecule has 0 radical (unpaired) electrons. The average molecular weight is 358 g/mol. The predicted molar refractivity (Wildman–Crippen MR) is 80.4 cm³/mol. The summed E-state index contributed by atoms with van der Waals surface area (Å²) in [4.78, 5) is 24.5. The Morgan fingerprint density at radius 2 is 2.14 bits per heavy atom. The predicted octanol–water partition coefficient (Wildman–Crippen LogP) is 1.42. The monoisotopic (exact) mass is 357 g/mol. The van der Waals surface area contributed by atoms with Gasteiger partial charge in [-0.05, 0) is 22.0 Å². The Kier molecular flexibility index (Phi) is 5.66. The van der Waals surface area contributed by atoms with Crippen molar-refractivity contribution >= 4 is 27.5 Å². The zero-order valence-electron chi connectivity index (χ0n) is 11.4. The van der Waals surface area contributed by atoms with E-state index in [1.54, 1.807) is 0 Å². The van der Waals surface area contributed by atoms with Crippen molar-refractivity contribution in [3.63, 3.8) is 0 Å². The van der Waals surface area contributed by atoms with E-state index < -0.39 is 4.92 Å². The standard InChI is InChI=1S/C13H16BrN3O4/c14-12-2-1-10(17(19)20)9-11(12)13(18)15-3-4-16-5-7-21-8-6-16/h1-2,9H,3-8H2,(H,15,18). The zero-order valence-corrected chi connectivity index (χ0v) is 13.0. The normalized spacial score (nSPS) is 15.7. The van der Waals surface area contributed by atoms with Crippen LogP contribution in [0.2, 0.25) is 0 Å². The molecule has 1 amide bonds. The summed E-state index contributed by atoms with van der Waals surface area (Å²) in [5.74, 6) is -0.321. The Labute approximate surface area is 130 Å². The number of hydrogen-bond donors (Lipinski definition) is 1. The van der Waals surface area contributed by atoms with Crippen LogP contribution in [0.25, 0.3) is 0 Å². The largest absolute Gasteiger partial charge is 0.379 e. The molecule has 21 heavy (non-hydrogen) atoms. The third kappa shape index (κ3) is 4.48. The van der Waals surface area contributed by atoms with E-state index in [0.29, 0.717) is 24.2 Å². The second-order valence-electron chi connectivity index (χ2n) is 4.63. The van der Waals surface area contributed by atoms with Crippen LogP contribution in [0, 0.1) is 10.1 Å². The summed E-state index contributed by atoms with van der Waals surface area (Å²) >= 11 is 3.24. The first-order chi connectivity index (χ1) is 10.1. The number of morpholine rings is 1. The molecule has 2 rings (SSSR count). The van der Waals surface area contributed by atoms with Crippen LogP contribution in [0.15, 0.2) is 22.7 Å². The van der Waals surface area contributed by atoms with E-state index in [1.165, 1.54) is 18.2 Å². The highest BCUT2D eigenvalue weighted by Crippen LogP contribution is 2.22. The molecule has 8 heteroatoms. The Hall–Kier alpha value is -1.51. The first-order valence-corrected chi connectivity index (χ1v) is 7.39. The topological polar surface area (TPSA) is 84.7 Å². The van der Waals surface area contributed by atoms with Crippen LogP contribution < -0.4 is 5.32 Å². The molecule has 1 saturated heterocycles. The minimum absolute atomic E-state index is 0.100. The number of nitro benzene ring substituents is 1. The molecule has 0 aromatic heterocycles. The van der Waals surface area contributed by atoms with Crippen LogP contribution in [0.1, 0.15) is 10.4 Å². The van der Waals surface area contributed by atoms with Gasteiger partial charge in [0.25, 0.3) is 11.6 Å². The number of nitro groups is 1. The molecule has 0 saturated carbocycles. The molecule has 1 fully saturated rings. The van der Waals surface area contributed by atoms with E-state index >= 15 is 0 Å². The Bertz CT molecular complexity index is 532. The molecular weight excluding hydrogens is 342 g/mol. The van der Waals surface area contributed by atoms with E-state index in [9.17, 15) is 14.9 Å². The van der Waals surface area contributed by atoms with Gasteiger partial charge in [-0.25, -0.2) is 0 Å². The molecule has 114 valence electrons. The van der Waals surface area contributed by atoms with Crippen molar-refractivity contribution in [2.45, 2.75) is 0 Å². The minimum Gasteiger partial charge on any atom is -0.379 e. The lowest BCUT2D eigenvalue weighted by Crippen LogP contribution is -2.41. The molecular formula is C13H16BrN3O4. The van der Waals surface area contributed by atoms with Gasteiger partial charge in [-0.1, -0.05) is 0 Å². The molecule has 0 aliphatic carbocycles. The zero-order chi connectivity index (χ0) is 15.2. The third-order valence-corrected chi connectivity index (χ3v) is 3.91. The number of non-ortho nitro benzene ring substituents is 1. The summed E-state index contributed by atoms with van der Waals surface area (Å²) < 4.78 is 5.79. The number of carbonyl (C=O) groups is 1. The molecule has 0 spiro atoms. The van der Waals surface area contributed by atoms with Crippen LogP contribution in [-0.2, 0) is 4.74 Å². The van der Waals surface area contributed by atoms with Crippen LogP contribution in [-0.4, -0.2) is 55.1 Å². The number of ether oxygens (including phenoxy) is 1. The van der Waals surface area contributed by atoms with E-state index in [2.05, 4.69) is 26.1 Å². The smallest absolute Gasteiger partial charge is 0.270 e. The molecule has 0 bridgehead atoms. The fourth-order valence-corrected chi connectivity index (χ4v) is 2.48. The molecule has 1 aliphatic rings. The van der Waals surface area contributed by atoms with Crippen molar-refractivity contribution in [3.8, 4) is 0 Å². The maximum absolute atomic E-state index is 12.1. The number of nitrogens with one attached hydrogen (secondary N) is 1. The molecule has 7 nitrogen and oxygen atoms in total. The van der Waals surface area contributed by atoms with E-state index in [0.717, 1.165) is 19.6 Å². The molecule has 1 aromatic carbocycles. The van der Waals surface area contributed by atoms with Gasteiger partial charge in [0.15, 0.2) is 0 Å². The molecule has 1 aliphatic heterocycles. The van der Waals surface area contributed by atoms with E-state index in [4.69, 9.17) is 4.74 Å². The van der Waals surface area contributed by atoms with Gasteiger partial charge in [0.1, 0.15) is 0 Å². The quantitative estimate of drug-likeness (QED) is 0.636. The molecule has 1 aromatic rings. The van der Waals surface area contributed by atoms with Crippen LogP contribution in [0.4, 0.5) is 5.69 Å². The Balaban J connectivity index is 1.90. The fraction of sp³-hybridized carbons (Fsp3) is 0.462. The van der Waals surface area contributed by atoms with Gasteiger partial charge in [0.2, 0.25) is 0 Å². The maximum atomic E-state index is 12.1. The first-order valence-electron chi connectivity index (χ1n) is 6.60. The van der Waals surface area contributed by atoms with Crippen molar-refractivity contribution in [2.24, 2.45) is 0 Å². The lowest BCUT2D eigenvalue weighted by atomic mass is 10.2. The lowest BCUT2D eigenvalue weighted by molar-refractivity contribution is -0.384. The number of nitrogens with zero attached hydrogens (tertiary/aromatic N) is 2. The number of hydrogen-bond acceptors (Lipinski definition) is 5.